The molecule has 0 atom stereocenters. The smallest absolute Gasteiger partial charge is 0.0541 e. The van der Waals surface area contributed by atoms with Gasteiger partial charge in [0.05, 0.1) is 11.0 Å². The number of anilines is 3. The first-order chi connectivity index (χ1) is 30.6. The summed E-state index contributed by atoms with van der Waals surface area (Å²) in [5.41, 5.74) is 23.8. The van der Waals surface area contributed by atoms with E-state index < -0.39 is 0 Å². The first-order valence-corrected chi connectivity index (χ1v) is 22.3. The van der Waals surface area contributed by atoms with E-state index in [-0.39, 0.29) is 10.8 Å². The van der Waals surface area contributed by atoms with Gasteiger partial charge in [0, 0.05) is 44.4 Å². The van der Waals surface area contributed by atoms with E-state index in [0.717, 1.165) is 11.4 Å². The van der Waals surface area contributed by atoms with Crippen LogP contribution in [-0.2, 0) is 10.8 Å². The van der Waals surface area contributed by atoms with Gasteiger partial charge in [0.2, 0.25) is 0 Å². The zero-order valence-electron chi connectivity index (χ0n) is 36.4. The molecule has 9 aromatic carbocycles. The second-order valence-corrected chi connectivity index (χ2v) is 18.7. The van der Waals surface area contributed by atoms with Crippen LogP contribution in [0.15, 0.2) is 200 Å². The Morgan fingerprint density at radius 2 is 0.841 bits per heavy atom. The van der Waals surface area contributed by atoms with Gasteiger partial charge in [0.25, 0.3) is 0 Å². The lowest BCUT2D eigenvalue weighted by Gasteiger charge is -2.30. The third kappa shape index (κ3) is 5.71. The molecule has 2 aliphatic rings. The lowest BCUT2D eigenvalue weighted by Crippen LogP contribution is -2.18. The first-order valence-electron chi connectivity index (χ1n) is 22.3. The molecule has 2 heteroatoms. The van der Waals surface area contributed by atoms with Gasteiger partial charge in [-0.05, 0) is 146 Å². The zero-order valence-corrected chi connectivity index (χ0v) is 36.4. The van der Waals surface area contributed by atoms with Gasteiger partial charge in [-0.3, -0.25) is 0 Å². The van der Waals surface area contributed by atoms with Crippen molar-refractivity contribution in [3.63, 3.8) is 0 Å². The van der Waals surface area contributed by atoms with Crippen LogP contribution in [0.3, 0.4) is 0 Å². The quantitative estimate of drug-likeness (QED) is 0.162. The molecule has 0 saturated heterocycles. The summed E-state index contributed by atoms with van der Waals surface area (Å²) in [5, 5.41) is 2.52. The van der Waals surface area contributed by atoms with E-state index in [0.29, 0.717) is 0 Å². The predicted octanol–water partition coefficient (Wildman–Crippen LogP) is 16.5. The average Bonchev–Trinajstić information content (AvgIpc) is 3.86. The molecule has 0 amide bonds. The molecule has 2 nitrogen and oxygen atoms in total. The van der Waals surface area contributed by atoms with Crippen molar-refractivity contribution in [1.82, 2.24) is 4.57 Å². The van der Waals surface area contributed by atoms with E-state index >= 15 is 0 Å². The van der Waals surface area contributed by atoms with Crippen LogP contribution in [-0.4, -0.2) is 4.57 Å². The Bertz CT molecular complexity index is 3440. The van der Waals surface area contributed by atoms with Gasteiger partial charge in [0.1, 0.15) is 0 Å². The minimum absolute atomic E-state index is 0.0865. The van der Waals surface area contributed by atoms with Crippen LogP contribution in [0.4, 0.5) is 17.1 Å². The van der Waals surface area contributed by atoms with Gasteiger partial charge >= 0.3 is 0 Å². The molecule has 2 aliphatic carbocycles. The summed E-state index contributed by atoms with van der Waals surface area (Å²) in [6.45, 7) is 11.7. The minimum atomic E-state index is -0.205. The van der Waals surface area contributed by atoms with Crippen molar-refractivity contribution in [3.05, 3.63) is 228 Å². The van der Waals surface area contributed by atoms with E-state index in [1.54, 1.807) is 0 Å². The molecule has 0 saturated carbocycles. The van der Waals surface area contributed by atoms with Crippen molar-refractivity contribution in [2.45, 2.75) is 45.4 Å². The van der Waals surface area contributed by atoms with Crippen molar-refractivity contribution < 1.29 is 0 Å². The maximum absolute atomic E-state index is 2.45. The van der Waals surface area contributed by atoms with Gasteiger partial charge in [0.15, 0.2) is 0 Å². The van der Waals surface area contributed by atoms with E-state index in [2.05, 4.69) is 244 Å². The number of hydrogen-bond donors (Lipinski definition) is 0. The summed E-state index contributed by atoms with van der Waals surface area (Å²) in [6, 6.07) is 74.6. The molecule has 12 rings (SSSR count). The lowest BCUT2D eigenvalue weighted by atomic mass is 9.81. The van der Waals surface area contributed by atoms with E-state index in [1.165, 1.54) is 106 Å². The Hall–Kier alpha value is -7.42. The van der Waals surface area contributed by atoms with Crippen LogP contribution in [0.2, 0.25) is 0 Å². The average molecular weight is 809 g/mol. The molecule has 0 N–H and O–H groups in total. The number of aryl methyl sites for hydroxylation is 1. The molecule has 0 bridgehead atoms. The summed E-state index contributed by atoms with van der Waals surface area (Å²) in [5.74, 6) is 0. The monoisotopic (exact) mass is 808 g/mol. The van der Waals surface area contributed by atoms with Crippen molar-refractivity contribution in [2.75, 3.05) is 4.90 Å². The highest BCUT2D eigenvalue weighted by molar-refractivity contribution is 6.10. The van der Waals surface area contributed by atoms with Gasteiger partial charge < -0.3 is 9.47 Å². The molecular formula is C61H48N2. The summed E-state index contributed by atoms with van der Waals surface area (Å²) < 4.78 is 2.41. The lowest BCUT2D eigenvalue weighted by molar-refractivity contribution is 0.660. The normalized spacial score (nSPS) is 14.0. The van der Waals surface area contributed by atoms with E-state index in [1.807, 2.05) is 0 Å². The molecule has 10 aromatic rings. The fraction of sp³-hybridized carbons (Fsp3) is 0.115. The zero-order chi connectivity index (χ0) is 42.6. The van der Waals surface area contributed by atoms with Gasteiger partial charge in [-0.2, -0.15) is 0 Å². The standard InChI is InChI=1S/C61H48N2/c1-39-19-25-44(26-20-39)62(46-29-32-50-48-15-9-11-17-54(48)60(2,3)56(50)37-46)47-30-33-51-49-31-23-43(36-55(49)61(4,5)57(51)38-47)42-24-34-59-53(35-42)52-16-10-12-18-58(52)63(59)45-27-21-41(22-28-45)40-13-7-6-8-14-40/h6-38H,1-5H3. The fourth-order valence-electron chi connectivity index (χ4n) is 10.9. The highest BCUT2D eigenvalue weighted by Gasteiger charge is 2.38. The molecule has 1 heterocycles. The van der Waals surface area contributed by atoms with Crippen molar-refractivity contribution in [2.24, 2.45) is 0 Å². The number of fused-ring (bicyclic) bond motifs is 9. The molecule has 0 fully saturated rings. The minimum Gasteiger partial charge on any atom is -0.310 e. The second-order valence-electron chi connectivity index (χ2n) is 18.7. The van der Waals surface area contributed by atoms with Gasteiger partial charge in [-0.15, -0.1) is 0 Å². The molecular weight excluding hydrogens is 761 g/mol. The van der Waals surface area contributed by atoms with E-state index in [9.17, 15) is 0 Å². The van der Waals surface area contributed by atoms with Crippen LogP contribution in [0, 0.1) is 6.92 Å². The Balaban J connectivity index is 0.923. The Labute approximate surface area is 370 Å². The van der Waals surface area contributed by atoms with Crippen LogP contribution >= 0.6 is 0 Å². The summed E-state index contributed by atoms with van der Waals surface area (Å²) in [6.07, 6.45) is 0. The van der Waals surface area contributed by atoms with Gasteiger partial charge in [-0.1, -0.05) is 161 Å². The van der Waals surface area contributed by atoms with Crippen LogP contribution in [0.25, 0.3) is 72.0 Å². The van der Waals surface area contributed by atoms with Gasteiger partial charge in [-0.25, -0.2) is 0 Å². The Kier molecular flexibility index (Phi) is 8.18. The third-order valence-electron chi connectivity index (χ3n) is 14.3. The summed E-state index contributed by atoms with van der Waals surface area (Å²) >= 11 is 0. The molecule has 302 valence electrons. The van der Waals surface area contributed by atoms with Crippen molar-refractivity contribution in [1.29, 1.82) is 0 Å². The van der Waals surface area contributed by atoms with Crippen molar-refractivity contribution in [3.8, 4) is 50.2 Å². The summed E-state index contributed by atoms with van der Waals surface area (Å²) in [4.78, 5) is 2.45. The van der Waals surface area contributed by atoms with Crippen LogP contribution in [0.1, 0.15) is 55.5 Å². The number of para-hydroxylation sites is 1. The number of rotatable bonds is 6. The topological polar surface area (TPSA) is 8.17 Å². The molecule has 0 spiro atoms. The molecule has 0 aliphatic heterocycles. The number of benzene rings is 9. The van der Waals surface area contributed by atoms with Crippen LogP contribution in [0.5, 0.6) is 0 Å². The Morgan fingerprint density at radius 1 is 0.349 bits per heavy atom. The maximum Gasteiger partial charge on any atom is 0.0541 e. The van der Waals surface area contributed by atoms with E-state index in [4.69, 9.17) is 0 Å². The number of hydrogen-bond acceptors (Lipinski definition) is 1. The third-order valence-corrected chi connectivity index (χ3v) is 14.3. The molecule has 0 radical (unpaired) electrons. The maximum atomic E-state index is 2.45. The highest BCUT2D eigenvalue weighted by Crippen LogP contribution is 2.54. The number of aromatic nitrogens is 1. The Morgan fingerprint density at radius 3 is 1.56 bits per heavy atom. The fourth-order valence-corrected chi connectivity index (χ4v) is 10.9. The summed E-state index contributed by atoms with van der Waals surface area (Å²) in [7, 11) is 0. The molecule has 1 aromatic heterocycles. The SMILES string of the molecule is Cc1ccc(N(c2ccc3c(c2)C(C)(C)c2ccccc2-3)c2ccc3c(c2)C(C)(C)c2cc(-c4ccc5c(c4)c4ccccc4n5-c4ccc(-c5ccccc5)cc4)ccc2-3)cc1. The number of nitrogens with zero attached hydrogens (tertiary/aromatic N) is 2. The largest absolute Gasteiger partial charge is 0.310 e. The highest BCUT2D eigenvalue weighted by atomic mass is 15.1. The second kappa shape index (κ2) is 13.8. The molecule has 63 heavy (non-hydrogen) atoms. The first kappa shape index (κ1) is 37.4. The predicted molar refractivity (Wildman–Crippen MR) is 266 cm³/mol. The molecule has 0 unspecified atom stereocenters. The van der Waals surface area contributed by atoms with Crippen LogP contribution < -0.4 is 4.90 Å². The van der Waals surface area contributed by atoms with Crippen molar-refractivity contribution >= 4 is 38.9 Å².